The van der Waals surface area contributed by atoms with Gasteiger partial charge in [0.25, 0.3) is 5.91 Å². The number of fused-ring (bicyclic) bond motifs is 1. The summed E-state index contributed by atoms with van der Waals surface area (Å²) in [5.74, 6) is 0.0724. The Morgan fingerprint density at radius 2 is 2.20 bits per heavy atom. The van der Waals surface area contributed by atoms with Gasteiger partial charge in [0.1, 0.15) is 0 Å². The number of carbonyl (C=O) groups is 2. The van der Waals surface area contributed by atoms with Crippen molar-refractivity contribution < 1.29 is 9.59 Å². The monoisotopic (exact) mass is 420 g/mol. The lowest BCUT2D eigenvalue weighted by Gasteiger charge is -2.31. The Morgan fingerprint density at radius 3 is 2.96 bits per heavy atom. The van der Waals surface area contributed by atoms with Gasteiger partial charge in [0.2, 0.25) is 5.91 Å². The number of aryl methyl sites for hydroxylation is 2. The van der Waals surface area contributed by atoms with Crippen molar-refractivity contribution in [3.8, 4) is 0 Å². The topological polar surface area (TPSA) is 49.4 Å². The van der Waals surface area contributed by atoms with E-state index in [1.165, 1.54) is 16.9 Å². The molecule has 1 N–H and O–H groups in total. The van der Waals surface area contributed by atoms with E-state index in [4.69, 9.17) is 0 Å². The van der Waals surface area contributed by atoms with E-state index in [9.17, 15) is 9.59 Å². The Kier molecular flexibility index (Phi) is 5.91. The molecule has 6 heteroatoms. The fraction of sp³-hybridized carbons (Fsp3) is 0.368. The number of thiophene rings is 1. The van der Waals surface area contributed by atoms with Gasteiger partial charge in [0, 0.05) is 29.7 Å². The van der Waals surface area contributed by atoms with Crippen LogP contribution in [0.25, 0.3) is 0 Å². The zero-order valence-corrected chi connectivity index (χ0v) is 16.6. The van der Waals surface area contributed by atoms with Crippen molar-refractivity contribution in [2.45, 2.75) is 32.6 Å². The first kappa shape index (κ1) is 18.1. The molecule has 1 aromatic heterocycles. The molecule has 2 aromatic rings. The average molecular weight is 421 g/mol. The van der Waals surface area contributed by atoms with E-state index >= 15 is 0 Å². The van der Waals surface area contributed by atoms with Crippen molar-refractivity contribution in [1.82, 2.24) is 5.32 Å². The average Bonchev–Trinajstić information content (AvgIpc) is 3.12. The molecule has 0 bridgehead atoms. The maximum atomic E-state index is 12.7. The summed E-state index contributed by atoms with van der Waals surface area (Å²) in [6.07, 6.45) is 3.09. The minimum absolute atomic E-state index is 0.0635. The molecule has 0 aliphatic carbocycles. The van der Waals surface area contributed by atoms with E-state index < -0.39 is 0 Å². The van der Waals surface area contributed by atoms with Crippen molar-refractivity contribution in [1.29, 1.82) is 0 Å². The molecule has 132 valence electrons. The van der Waals surface area contributed by atoms with E-state index in [0.29, 0.717) is 24.3 Å². The third kappa shape index (κ3) is 4.30. The molecular formula is C19H21BrN2O2S. The van der Waals surface area contributed by atoms with Crippen molar-refractivity contribution in [2.75, 3.05) is 18.0 Å². The van der Waals surface area contributed by atoms with Gasteiger partial charge < -0.3 is 10.2 Å². The van der Waals surface area contributed by atoms with Gasteiger partial charge in [0.15, 0.2) is 0 Å². The number of rotatable bonds is 5. The molecule has 2 amide bonds. The van der Waals surface area contributed by atoms with E-state index in [1.807, 2.05) is 16.3 Å². The van der Waals surface area contributed by atoms with Crippen molar-refractivity contribution >= 4 is 44.8 Å². The minimum atomic E-state index is -0.0635. The van der Waals surface area contributed by atoms with Gasteiger partial charge in [-0.15, -0.1) is 11.3 Å². The van der Waals surface area contributed by atoms with Gasteiger partial charge in [0.05, 0.1) is 4.88 Å². The number of hydrogen-bond acceptors (Lipinski definition) is 3. The number of carbonyl (C=O) groups excluding carboxylic acids is 2. The molecule has 25 heavy (non-hydrogen) atoms. The van der Waals surface area contributed by atoms with Crippen molar-refractivity contribution in [3.63, 3.8) is 0 Å². The van der Waals surface area contributed by atoms with Crippen LogP contribution in [0.2, 0.25) is 0 Å². The number of hydrogen-bond donors (Lipinski definition) is 1. The SMILES string of the molecule is Cc1cc(Br)cc2c1N(C(=O)CCCNC(=O)c1cccs1)CCC2. The van der Waals surface area contributed by atoms with E-state index in [1.54, 1.807) is 6.07 Å². The molecule has 0 saturated carbocycles. The van der Waals surface area contributed by atoms with E-state index in [0.717, 1.165) is 35.1 Å². The summed E-state index contributed by atoms with van der Waals surface area (Å²) in [5.41, 5.74) is 3.43. The third-order valence-corrected chi connectivity index (χ3v) is 5.67. The van der Waals surface area contributed by atoms with Crippen LogP contribution in [0.4, 0.5) is 5.69 Å². The van der Waals surface area contributed by atoms with Crippen LogP contribution < -0.4 is 10.2 Å². The van der Waals surface area contributed by atoms with Gasteiger partial charge in [-0.2, -0.15) is 0 Å². The number of benzene rings is 1. The number of anilines is 1. The number of halogens is 1. The fourth-order valence-electron chi connectivity index (χ4n) is 3.24. The molecule has 0 saturated heterocycles. The Morgan fingerprint density at radius 1 is 1.36 bits per heavy atom. The largest absolute Gasteiger partial charge is 0.351 e. The molecular weight excluding hydrogens is 400 g/mol. The Balaban J connectivity index is 1.55. The molecule has 0 spiro atoms. The van der Waals surface area contributed by atoms with Crippen LogP contribution in [0.5, 0.6) is 0 Å². The number of nitrogens with zero attached hydrogens (tertiary/aromatic N) is 1. The predicted molar refractivity (Wildman–Crippen MR) is 105 cm³/mol. The first-order chi connectivity index (χ1) is 12.1. The molecule has 0 fully saturated rings. The smallest absolute Gasteiger partial charge is 0.261 e. The molecule has 2 heterocycles. The lowest BCUT2D eigenvalue weighted by atomic mass is 9.98. The summed E-state index contributed by atoms with van der Waals surface area (Å²) >= 11 is 4.96. The summed E-state index contributed by atoms with van der Waals surface area (Å²) in [6, 6.07) is 7.84. The second-order valence-corrected chi connectivity index (χ2v) is 8.08. The van der Waals surface area contributed by atoms with Crippen LogP contribution in [0.1, 0.15) is 40.1 Å². The highest BCUT2D eigenvalue weighted by Crippen LogP contribution is 2.33. The Labute approximate surface area is 160 Å². The van der Waals surface area contributed by atoms with Gasteiger partial charge >= 0.3 is 0 Å². The second-order valence-electron chi connectivity index (χ2n) is 6.22. The summed E-state index contributed by atoms with van der Waals surface area (Å²) in [4.78, 5) is 27.2. The molecule has 4 nitrogen and oxygen atoms in total. The molecule has 0 radical (unpaired) electrons. The number of nitrogens with one attached hydrogen (secondary N) is 1. The van der Waals surface area contributed by atoms with Crippen LogP contribution in [-0.2, 0) is 11.2 Å². The molecule has 1 aliphatic heterocycles. The predicted octanol–water partition coefficient (Wildman–Crippen LogP) is 4.31. The van der Waals surface area contributed by atoms with Crippen LogP contribution in [0.15, 0.2) is 34.1 Å². The summed E-state index contributed by atoms with van der Waals surface area (Å²) < 4.78 is 1.06. The second kappa shape index (κ2) is 8.15. The van der Waals surface area contributed by atoms with Gasteiger partial charge in [-0.05, 0) is 60.9 Å². The van der Waals surface area contributed by atoms with Gasteiger partial charge in [-0.25, -0.2) is 0 Å². The lowest BCUT2D eigenvalue weighted by Crippen LogP contribution is -2.36. The molecule has 1 aliphatic rings. The maximum Gasteiger partial charge on any atom is 0.261 e. The summed E-state index contributed by atoms with van der Waals surface area (Å²) in [6.45, 7) is 3.34. The van der Waals surface area contributed by atoms with Gasteiger partial charge in [-0.1, -0.05) is 22.0 Å². The third-order valence-electron chi connectivity index (χ3n) is 4.34. The molecule has 1 aromatic carbocycles. The Hall–Kier alpha value is -1.66. The first-order valence-corrected chi connectivity index (χ1v) is 10.1. The highest BCUT2D eigenvalue weighted by molar-refractivity contribution is 9.10. The minimum Gasteiger partial charge on any atom is -0.351 e. The first-order valence-electron chi connectivity index (χ1n) is 8.47. The van der Waals surface area contributed by atoms with Gasteiger partial charge in [-0.3, -0.25) is 9.59 Å². The highest BCUT2D eigenvalue weighted by Gasteiger charge is 2.24. The molecule has 0 unspecified atom stereocenters. The zero-order valence-electron chi connectivity index (χ0n) is 14.2. The quantitative estimate of drug-likeness (QED) is 0.732. The lowest BCUT2D eigenvalue weighted by molar-refractivity contribution is -0.118. The van der Waals surface area contributed by atoms with Crippen LogP contribution >= 0.6 is 27.3 Å². The summed E-state index contributed by atoms with van der Waals surface area (Å²) in [5, 5.41) is 4.76. The standard InChI is InChI=1S/C19H21BrN2O2S/c1-13-11-15(20)12-14-5-3-9-22(18(13)14)17(23)7-2-8-21-19(24)16-6-4-10-25-16/h4,6,10-12H,2-3,5,7-9H2,1H3,(H,21,24). The Bertz CT molecular complexity index is 774. The van der Waals surface area contributed by atoms with Crippen LogP contribution in [0.3, 0.4) is 0 Å². The molecule has 3 rings (SSSR count). The van der Waals surface area contributed by atoms with E-state index in [-0.39, 0.29) is 11.8 Å². The normalized spacial score (nSPS) is 13.4. The van der Waals surface area contributed by atoms with Crippen LogP contribution in [0, 0.1) is 6.92 Å². The maximum absolute atomic E-state index is 12.7. The summed E-state index contributed by atoms with van der Waals surface area (Å²) in [7, 11) is 0. The number of amides is 2. The zero-order chi connectivity index (χ0) is 17.8. The van der Waals surface area contributed by atoms with E-state index in [2.05, 4.69) is 40.3 Å². The highest BCUT2D eigenvalue weighted by atomic mass is 79.9. The fourth-order valence-corrected chi connectivity index (χ4v) is 4.50. The van der Waals surface area contributed by atoms with Crippen molar-refractivity contribution in [2.24, 2.45) is 0 Å². The van der Waals surface area contributed by atoms with Crippen molar-refractivity contribution in [3.05, 3.63) is 50.1 Å². The van der Waals surface area contributed by atoms with Crippen LogP contribution in [-0.4, -0.2) is 24.9 Å². The molecule has 0 atom stereocenters.